The molecule has 1 saturated heterocycles. The topological polar surface area (TPSA) is 70.2 Å². The van der Waals surface area contributed by atoms with Crippen molar-refractivity contribution in [3.05, 3.63) is 12.4 Å². The third kappa shape index (κ3) is 5.21. The number of nitrogens with zero attached hydrogens (tertiary/aromatic N) is 3. The van der Waals surface area contributed by atoms with Crippen LogP contribution >= 0.6 is 0 Å². The summed E-state index contributed by atoms with van der Waals surface area (Å²) in [5.74, 6) is 1.71. The van der Waals surface area contributed by atoms with Gasteiger partial charge in [-0.2, -0.15) is 0 Å². The lowest BCUT2D eigenvalue weighted by atomic mass is 10.1. The highest BCUT2D eigenvalue weighted by molar-refractivity contribution is 5.76. The average Bonchev–Trinajstić information content (AvgIpc) is 2.54. The Morgan fingerprint density at radius 1 is 1.14 bits per heavy atom. The fraction of sp³-hybridized carbons (Fsp3) is 0.667. The van der Waals surface area contributed by atoms with E-state index in [1.54, 1.807) is 12.4 Å². The molecule has 0 radical (unpaired) electrons. The zero-order valence-corrected chi connectivity index (χ0v) is 12.8. The molecule has 0 spiro atoms. The Hall–Kier alpha value is -1.85. The van der Waals surface area contributed by atoms with Gasteiger partial charge < -0.3 is 15.5 Å². The van der Waals surface area contributed by atoms with Crippen LogP contribution in [0.1, 0.15) is 39.0 Å². The number of hydrogen-bond donors (Lipinski definition) is 2. The third-order valence-corrected chi connectivity index (χ3v) is 3.54. The Morgan fingerprint density at radius 2 is 1.81 bits per heavy atom. The minimum Gasteiger partial charge on any atom is -0.369 e. The highest BCUT2D eigenvalue weighted by atomic mass is 16.2. The van der Waals surface area contributed by atoms with Crippen molar-refractivity contribution in [2.24, 2.45) is 0 Å². The molecular weight excluding hydrogens is 266 g/mol. The van der Waals surface area contributed by atoms with E-state index in [9.17, 15) is 4.79 Å². The van der Waals surface area contributed by atoms with Crippen LogP contribution in [0.2, 0.25) is 0 Å². The highest BCUT2D eigenvalue weighted by Gasteiger charge is 2.15. The molecule has 2 rings (SSSR count). The van der Waals surface area contributed by atoms with Crippen molar-refractivity contribution in [1.82, 2.24) is 14.9 Å². The van der Waals surface area contributed by atoms with Gasteiger partial charge in [-0.1, -0.05) is 6.92 Å². The fourth-order valence-corrected chi connectivity index (χ4v) is 2.39. The van der Waals surface area contributed by atoms with Crippen molar-refractivity contribution >= 4 is 17.5 Å². The van der Waals surface area contributed by atoms with Crippen molar-refractivity contribution < 1.29 is 4.79 Å². The first-order valence-corrected chi connectivity index (χ1v) is 7.87. The molecule has 116 valence electrons. The summed E-state index contributed by atoms with van der Waals surface area (Å²) in [6.07, 6.45) is 8.46. The van der Waals surface area contributed by atoms with E-state index < -0.39 is 0 Å². The number of hydrogen-bond acceptors (Lipinski definition) is 5. The largest absolute Gasteiger partial charge is 0.369 e. The van der Waals surface area contributed by atoms with Crippen LogP contribution in [0.15, 0.2) is 12.4 Å². The summed E-state index contributed by atoms with van der Waals surface area (Å²) in [7, 11) is 0. The van der Waals surface area contributed by atoms with Crippen LogP contribution in [0.4, 0.5) is 11.6 Å². The zero-order chi connectivity index (χ0) is 14.9. The molecule has 1 fully saturated rings. The summed E-state index contributed by atoms with van der Waals surface area (Å²) in [5, 5.41) is 6.37. The van der Waals surface area contributed by atoms with Gasteiger partial charge in [0.25, 0.3) is 0 Å². The molecule has 0 unspecified atom stereocenters. The van der Waals surface area contributed by atoms with Crippen LogP contribution < -0.4 is 10.6 Å². The molecule has 0 aromatic carbocycles. The first-order chi connectivity index (χ1) is 10.3. The maximum absolute atomic E-state index is 12.0. The van der Waals surface area contributed by atoms with Crippen LogP contribution in [0.5, 0.6) is 0 Å². The molecule has 1 aliphatic rings. The minimum atomic E-state index is 0.232. The van der Waals surface area contributed by atoms with E-state index in [1.165, 1.54) is 6.42 Å². The molecule has 1 amide bonds. The summed E-state index contributed by atoms with van der Waals surface area (Å²) >= 11 is 0. The van der Waals surface area contributed by atoms with Gasteiger partial charge in [0.05, 0.1) is 12.4 Å². The van der Waals surface area contributed by atoms with Gasteiger partial charge in [0.1, 0.15) is 11.6 Å². The lowest BCUT2D eigenvalue weighted by Crippen LogP contribution is -2.36. The fourth-order valence-electron chi connectivity index (χ4n) is 2.39. The predicted octanol–water partition coefficient (Wildman–Crippen LogP) is 2.11. The van der Waals surface area contributed by atoms with Gasteiger partial charge >= 0.3 is 0 Å². The van der Waals surface area contributed by atoms with Crippen LogP contribution in [-0.2, 0) is 4.79 Å². The van der Waals surface area contributed by atoms with Crippen LogP contribution in [0, 0.1) is 0 Å². The number of piperidine rings is 1. The maximum Gasteiger partial charge on any atom is 0.224 e. The number of anilines is 2. The number of amides is 1. The van der Waals surface area contributed by atoms with Crippen molar-refractivity contribution in [1.29, 1.82) is 0 Å². The van der Waals surface area contributed by atoms with E-state index in [0.29, 0.717) is 18.8 Å². The molecule has 0 saturated carbocycles. The molecule has 1 aliphatic heterocycles. The second kappa shape index (κ2) is 8.44. The Balaban J connectivity index is 1.73. The first-order valence-electron chi connectivity index (χ1n) is 7.87. The lowest BCUT2D eigenvalue weighted by Gasteiger charge is -2.26. The molecule has 6 heteroatoms. The van der Waals surface area contributed by atoms with Gasteiger partial charge in [0.2, 0.25) is 5.91 Å². The number of rotatable bonds is 7. The normalized spacial score (nSPS) is 14.8. The quantitative estimate of drug-likeness (QED) is 0.805. The summed E-state index contributed by atoms with van der Waals surface area (Å²) < 4.78 is 0. The van der Waals surface area contributed by atoms with Gasteiger partial charge in [-0.25, -0.2) is 4.98 Å². The molecule has 2 N–H and O–H groups in total. The van der Waals surface area contributed by atoms with Crippen molar-refractivity contribution in [3.63, 3.8) is 0 Å². The standard InChI is InChI=1S/C15H25N5O/c1-2-7-17-13-11-16-12-14(19-13)18-8-6-15(21)20-9-4-3-5-10-20/h11-12H,2-10H2,1H3,(H2,17,18,19). The Morgan fingerprint density at radius 3 is 2.48 bits per heavy atom. The van der Waals surface area contributed by atoms with Crippen LogP contribution in [0.25, 0.3) is 0 Å². The lowest BCUT2D eigenvalue weighted by molar-refractivity contribution is -0.131. The summed E-state index contributed by atoms with van der Waals surface area (Å²) in [6, 6.07) is 0. The Labute approximate surface area is 126 Å². The van der Waals surface area contributed by atoms with E-state index in [0.717, 1.165) is 44.7 Å². The molecule has 21 heavy (non-hydrogen) atoms. The predicted molar refractivity (Wildman–Crippen MR) is 84.4 cm³/mol. The van der Waals surface area contributed by atoms with Gasteiger partial charge in [-0.3, -0.25) is 9.78 Å². The maximum atomic E-state index is 12.0. The molecule has 1 aromatic heterocycles. The van der Waals surface area contributed by atoms with Crippen LogP contribution in [-0.4, -0.2) is 47.0 Å². The van der Waals surface area contributed by atoms with Gasteiger partial charge in [0.15, 0.2) is 0 Å². The summed E-state index contributed by atoms with van der Waals surface area (Å²) in [4.78, 5) is 22.6. The molecular formula is C15H25N5O. The number of likely N-dealkylation sites (tertiary alicyclic amines) is 1. The number of carbonyl (C=O) groups is 1. The van der Waals surface area contributed by atoms with E-state index in [1.807, 2.05) is 4.90 Å². The van der Waals surface area contributed by atoms with Crippen molar-refractivity contribution in [2.45, 2.75) is 39.0 Å². The molecule has 0 aliphatic carbocycles. The molecule has 1 aromatic rings. The molecule has 2 heterocycles. The Kier molecular flexibility index (Phi) is 6.24. The monoisotopic (exact) mass is 291 g/mol. The summed E-state index contributed by atoms with van der Waals surface area (Å²) in [5.41, 5.74) is 0. The highest BCUT2D eigenvalue weighted by Crippen LogP contribution is 2.10. The Bertz CT molecular complexity index is 445. The average molecular weight is 291 g/mol. The van der Waals surface area contributed by atoms with E-state index in [2.05, 4.69) is 27.5 Å². The van der Waals surface area contributed by atoms with Crippen molar-refractivity contribution in [3.8, 4) is 0 Å². The smallest absolute Gasteiger partial charge is 0.224 e. The second-order valence-corrected chi connectivity index (χ2v) is 5.33. The number of carbonyl (C=O) groups excluding carboxylic acids is 1. The molecule has 6 nitrogen and oxygen atoms in total. The summed E-state index contributed by atoms with van der Waals surface area (Å²) in [6.45, 7) is 5.41. The molecule has 0 bridgehead atoms. The zero-order valence-electron chi connectivity index (χ0n) is 12.8. The van der Waals surface area contributed by atoms with E-state index in [4.69, 9.17) is 0 Å². The van der Waals surface area contributed by atoms with Gasteiger partial charge in [-0.15, -0.1) is 0 Å². The van der Waals surface area contributed by atoms with E-state index in [-0.39, 0.29) is 5.91 Å². The van der Waals surface area contributed by atoms with Gasteiger partial charge in [0, 0.05) is 32.6 Å². The number of aromatic nitrogens is 2. The molecule has 0 atom stereocenters. The van der Waals surface area contributed by atoms with Crippen LogP contribution in [0.3, 0.4) is 0 Å². The second-order valence-electron chi connectivity index (χ2n) is 5.33. The number of nitrogens with one attached hydrogen (secondary N) is 2. The third-order valence-electron chi connectivity index (χ3n) is 3.54. The van der Waals surface area contributed by atoms with Crippen molar-refractivity contribution in [2.75, 3.05) is 36.8 Å². The van der Waals surface area contributed by atoms with E-state index >= 15 is 0 Å². The first kappa shape index (κ1) is 15.5. The minimum absolute atomic E-state index is 0.232. The SMILES string of the molecule is CCCNc1cncc(NCCC(=O)N2CCCCC2)n1. The van der Waals surface area contributed by atoms with Gasteiger partial charge in [-0.05, 0) is 25.7 Å².